The first-order chi connectivity index (χ1) is 10.3. The van der Waals surface area contributed by atoms with E-state index in [4.69, 9.17) is 39.5 Å². The number of hydrogen-bond acceptors (Lipinski definition) is 4. The molecule has 0 aliphatic heterocycles. The number of hydrogen-bond donors (Lipinski definition) is 1. The minimum absolute atomic E-state index is 0.265. The second-order valence-electron chi connectivity index (χ2n) is 4.94. The molecule has 1 N–H and O–H groups in total. The number of nitrogens with one attached hydrogen (secondary N) is 1. The average molecular weight is 385 g/mol. The maximum atomic E-state index is 12.3. The molecule has 1 amide bonds. The standard InChI is InChI=1S/C14H16Cl3NO3S/c1-2-21-12(19)10-8-6-4-3-5-7-9(8)22-11(10)18-13(20)14(15,16)17/h2-7H2,1H3,(H,18,20). The lowest BCUT2D eigenvalue weighted by Gasteiger charge is -2.12. The molecule has 1 aromatic heterocycles. The predicted molar refractivity (Wildman–Crippen MR) is 90.5 cm³/mol. The van der Waals surface area contributed by atoms with Gasteiger partial charge in [0.05, 0.1) is 12.2 Å². The van der Waals surface area contributed by atoms with Gasteiger partial charge in [0.1, 0.15) is 5.00 Å². The Balaban J connectivity index is 2.40. The minimum Gasteiger partial charge on any atom is -0.462 e. The van der Waals surface area contributed by atoms with Crippen LogP contribution in [0, 0.1) is 0 Å². The van der Waals surface area contributed by atoms with Crippen molar-refractivity contribution < 1.29 is 14.3 Å². The van der Waals surface area contributed by atoms with Crippen molar-refractivity contribution in [3.8, 4) is 0 Å². The topological polar surface area (TPSA) is 55.4 Å². The van der Waals surface area contributed by atoms with Crippen LogP contribution in [-0.4, -0.2) is 22.3 Å². The molecule has 1 aliphatic carbocycles. The fraction of sp³-hybridized carbons (Fsp3) is 0.571. The molecule has 4 nitrogen and oxygen atoms in total. The third-order valence-electron chi connectivity index (χ3n) is 3.39. The van der Waals surface area contributed by atoms with Crippen LogP contribution < -0.4 is 5.32 Å². The summed E-state index contributed by atoms with van der Waals surface area (Å²) in [4.78, 5) is 25.3. The lowest BCUT2D eigenvalue weighted by molar-refractivity contribution is -0.115. The second kappa shape index (κ2) is 7.39. The number of halogens is 3. The van der Waals surface area contributed by atoms with E-state index < -0.39 is 15.7 Å². The van der Waals surface area contributed by atoms with Crippen LogP contribution in [0.3, 0.4) is 0 Å². The van der Waals surface area contributed by atoms with E-state index in [9.17, 15) is 9.59 Å². The number of thiophene rings is 1. The minimum atomic E-state index is -2.08. The van der Waals surface area contributed by atoms with Crippen LogP contribution in [0.15, 0.2) is 0 Å². The normalized spacial score (nSPS) is 14.9. The van der Waals surface area contributed by atoms with E-state index >= 15 is 0 Å². The SMILES string of the molecule is CCOC(=O)c1c(NC(=O)C(Cl)(Cl)Cl)sc2c1CCCCC2. The Bertz CT molecular complexity index is 581. The maximum Gasteiger partial charge on any atom is 0.341 e. The largest absolute Gasteiger partial charge is 0.462 e. The van der Waals surface area contributed by atoms with Crippen LogP contribution in [-0.2, 0) is 22.4 Å². The van der Waals surface area contributed by atoms with Crippen LogP contribution in [0.5, 0.6) is 0 Å². The van der Waals surface area contributed by atoms with Crippen molar-refractivity contribution in [1.82, 2.24) is 0 Å². The summed E-state index contributed by atoms with van der Waals surface area (Å²) in [6.45, 7) is 2.00. The lowest BCUT2D eigenvalue weighted by Crippen LogP contribution is -2.27. The van der Waals surface area contributed by atoms with E-state index in [0.717, 1.165) is 42.5 Å². The van der Waals surface area contributed by atoms with Crippen LogP contribution >= 0.6 is 46.1 Å². The molecule has 8 heteroatoms. The zero-order valence-corrected chi connectivity index (χ0v) is 15.1. The molecule has 0 atom stereocenters. The summed E-state index contributed by atoms with van der Waals surface area (Å²) in [5.41, 5.74) is 1.37. The zero-order chi connectivity index (χ0) is 16.3. The molecule has 0 saturated heterocycles. The van der Waals surface area contributed by atoms with Gasteiger partial charge in [-0.2, -0.15) is 0 Å². The molecular weight excluding hydrogens is 369 g/mol. The Morgan fingerprint density at radius 1 is 1.23 bits per heavy atom. The molecule has 0 aromatic carbocycles. The smallest absolute Gasteiger partial charge is 0.341 e. The molecule has 1 heterocycles. The van der Waals surface area contributed by atoms with Gasteiger partial charge in [-0.3, -0.25) is 4.79 Å². The Labute approximate surface area is 148 Å². The van der Waals surface area contributed by atoms with Crippen molar-refractivity contribution in [3.63, 3.8) is 0 Å². The first kappa shape index (κ1) is 17.9. The number of carbonyl (C=O) groups is 2. The number of fused-ring (bicyclic) bond motifs is 1. The van der Waals surface area contributed by atoms with E-state index in [2.05, 4.69) is 5.32 Å². The Hall–Kier alpha value is -0.490. The highest BCUT2D eigenvalue weighted by atomic mass is 35.6. The summed E-state index contributed by atoms with van der Waals surface area (Å²) in [6.07, 6.45) is 4.88. The zero-order valence-electron chi connectivity index (χ0n) is 12.0. The highest BCUT2D eigenvalue weighted by Crippen LogP contribution is 2.39. The average Bonchev–Trinajstić information content (AvgIpc) is 2.60. The number of alkyl halides is 3. The van der Waals surface area contributed by atoms with Crippen LogP contribution in [0.4, 0.5) is 5.00 Å². The first-order valence-corrected chi connectivity index (χ1v) is 8.99. The van der Waals surface area contributed by atoms with E-state index in [1.807, 2.05) is 0 Å². The van der Waals surface area contributed by atoms with Gasteiger partial charge in [0.25, 0.3) is 9.70 Å². The van der Waals surface area contributed by atoms with Crippen LogP contribution in [0.1, 0.15) is 47.0 Å². The fourth-order valence-electron chi connectivity index (χ4n) is 2.42. The van der Waals surface area contributed by atoms with Crippen LogP contribution in [0.25, 0.3) is 0 Å². The van der Waals surface area contributed by atoms with Gasteiger partial charge < -0.3 is 10.1 Å². The molecule has 0 fully saturated rings. The summed E-state index contributed by atoms with van der Waals surface area (Å²) in [6, 6.07) is 0. The number of anilines is 1. The van der Waals surface area contributed by atoms with Crippen LogP contribution in [0.2, 0.25) is 0 Å². The number of carbonyl (C=O) groups excluding carboxylic acids is 2. The van der Waals surface area contributed by atoms with Crippen molar-refractivity contribution in [2.45, 2.75) is 42.8 Å². The maximum absolute atomic E-state index is 12.3. The van der Waals surface area contributed by atoms with E-state index in [-0.39, 0.29) is 6.61 Å². The second-order valence-corrected chi connectivity index (χ2v) is 8.33. The monoisotopic (exact) mass is 383 g/mol. The molecule has 1 aromatic rings. The van der Waals surface area contributed by atoms with E-state index in [1.54, 1.807) is 6.92 Å². The molecule has 122 valence electrons. The quantitative estimate of drug-likeness (QED) is 0.474. The van der Waals surface area contributed by atoms with E-state index in [1.165, 1.54) is 11.3 Å². The number of esters is 1. The van der Waals surface area contributed by atoms with Crippen molar-refractivity contribution >= 4 is 63.0 Å². The highest BCUT2D eigenvalue weighted by molar-refractivity contribution is 7.17. The Kier molecular flexibility index (Phi) is 6.00. The molecule has 0 unspecified atom stereocenters. The molecule has 0 radical (unpaired) electrons. The molecule has 0 spiro atoms. The van der Waals surface area contributed by atoms with Gasteiger partial charge in [0, 0.05) is 4.88 Å². The van der Waals surface area contributed by atoms with Gasteiger partial charge >= 0.3 is 5.97 Å². The fourth-order valence-corrected chi connectivity index (χ4v) is 3.84. The molecule has 2 rings (SSSR count). The van der Waals surface area contributed by atoms with Gasteiger partial charge in [0.15, 0.2) is 0 Å². The number of amides is 1. The van der Waals surface area contributed by atoms with Gasteiger partial charge in [-0.1, -0.05) is 41.2 Å². The third-order valence-corrected chi connectivity index (χ3v) is 5.11. The van der Waals surface area contributed by atoms with Gasteiger partial charge in [-0.05, 0) is 38.2 Å². The van der Waals surface area contributed by atoms with Gasteiger partial charge in [0.2, 0.25) is 0 Å². The van der Waals surface area contributed by atoms with E-state index in [0.29, 0.717) is 10.6 Å². The molecule has 0 bridgehead atoms. The highest BCUT2D eigenvalue weighted by Gasteiger charge is 2.34. The summed E-state index contributed by atoms with van der Waals surface area (Å²) in [5, 5.41) is 2.95. The van der Waals surface area contributed by atoms with Crippen molar-refractivity contribution in [2.24, 2.45) is 0 Å². The lowest BCUT2D eigenvalue weighted by atomic mass is 10.1. The number of ether oxygens (including phenoxy) is 1. The number of aryl methyl sites for hydroxylation is 1. The van der Waals surface area contributed by atoms with Crippen molar-refractivity contribution in [1.29, 1.82) is 0 Å². The molecule has 22 heavy (non-hydrogen) atoms. The van der Waals surface area contributed by atoms with Crippen molar-refractivity contribution in [2.75, 3.05) is 11.9 Å². The van der Waals surface area contributed by atoms with Gasteiger partial charge in [-0.25, -0.2) is 4.79 Å². The molecule has 0 saturated carbocycles. The van der Waals surface area contributed by atoms with Gasteiger partial charge in [-0.15, -0.1) is 11.3 Å². The Morgan fingerprint density at radius 2 is 1.91 bits per heavy atom. The van der Waals surface area contributed by atoms with Crippen molar-refractivity contribution in [3.05, 3.63) is 16.0 Å². The first-order valence-electron chi connectivity index (χ1n) is 7.04. The molecule has 1 aliphatic rings. The Morgan fingerprint density at radius 3 is 2.55 bits per heavy atom. The number of rotatable bonds is 3. The summed E-state index contributed by atoms with van der Waals surface area (Å²) in [5.74, 6) is -1.22. The third kappa shape index (κ3) is 4.07. The predicted octanol–water partition coefficient (Wildman–Crippen LogP) is 4.50. The summed E-state index contributed by atoms with van der Waals surface area (Å²) < 4.78 is 3.04. The summed E-state index contributed by atoms with van der Waals surface area (Å²) in [7, 11) is 0. The molecular formula is C14H16Cl3NO3S. The summed E-state index contributed by atoms with van der Waals surface area (Å²) >= 11 is 18.1.